The Labute approximate surface area is 192 Å². The number of pyridine rings is 1. The lowest BCUT2D eigenvalue weighted by Gasteiger charge is -2.12. The van der Waals surface area contributed by atoms with Gasteiger partial charge in [-0.25, -0.2) is 0 Å². The third-order valence-electron chi connectivity index (χ3n) is 5.03. The zero-order valence-corrected chi connectivity index (χ0v) is 18.6. The van der Waals surface area contributed by atoms with Gasteiger partial charge >= 0.3 is 0 Å². The van der Waals surface area contributed by atoms with Gasteiger partial charge in [0.15, 0.2) is 0 Å². The highest BCUT2D eigenvalue weighted by atomic mass is 35.5. The number of halogens is 1. The molecule has 0 fully saturated rings. The predicted octanol–water partition coefficient (Wildman–Crippen LogP) is 5.82. The first-order valence-corrected chi connectivity index (χ1v) is 10.6. The minimum absolute atomic E-state index is 0.0273. The van der Waals surface area contributed by atoms with Crippen LogP contribution in [0.3, 0.4) is 0 Å². The van der Waals surface area contributed by atoms with E-state index in [1.165, 1.54) is 6.07 Å². The molecule has 0 radical (unpaired) electrons. The number of rotatable bonds is 7. The van der Waals surface area contributed by atoms with Crippen LogP contribution in [0.2, 0.25) is 5.02 Å². The molecule has 0 saturated heterocycles. The molecule has 0 saturated carbocycles. The Morgan fingerprint density at radius 1 is 1.06 bits per heavy atom. The van der Waals surface area contributed by atoms with E-state index in [4.69, 9.17) is 16.9 Å². The fourth-order valence-electron chi connectivity index (χ4n) is 3.13. The monoisotopic (exact) mass is 446 g/mol. The van der Waals surface area contributed by atoms with Crippen LogP contribution >= 0.6 is 11.6 Å². The van der Waals surface area contributed by atoms with Crippen molar-refractivity contribution in [2.24, 2.45) is 0 Å². The summed E-state index contributed by atoms with van der Waals surface area (Å²) in [5.41, 5.74) is 3.55. The van der Waals surface area contributed by atoms with Crippen molar-refractivity contribution in [3.05, 3.63) is 88.2 Å². The molecule has 0 aliphatic heterocycles. The van der Waals surface area contributed by atoms with Gasteiger partial charge in [0.25, 0.3) is 11.8 Å². The van der Waals surface area contributed by atoms with Crippen molar-refractivity contribution in [2.45, 2.75) is 32.6 Å². The average Bonchev–Trinajstić information content (AvgIpc) is 2.81. The number of nitrogens with zero attached hydrogens (tertiary/aromatic N) is 2. The highest BCUT2D eigenvalue weighted by Crippen LogP contribution is 2.24. The summed E-state index contributed by atoms with van der Waals surface area (Å²) in [4.78, 5) is 29.7. The number of aryl methyl sites for hydroxylation is 1. The molecule has 2 N–H and O–H groups in total. The SMILES string of the molecule is CCc1ccc(NC(=O)c2cc(NC(=O)c3cccc(C(C)CC#N)c3)ccc2Cl)cn1. The molecule has 1 atom stereocenters. The molecule has 3 aromatic rings. The van der Waals surface area contributed by atoms with Crippen LogP contribution in [0.4, 0.5) is 11.4 Å². The molecule has 7 heteroatoms. The normalized spacial score (nSPS) is 11.3. The summed E-state index contributed by atoms with van der Waals surface area (Å²) in [6.45, 7) is 3.94. The van der Waals surface area contributed by atoms with Crippen LogP contribution in [-0.4, -0.2) is 16.8 Å². The lowest BCUT2D eigenvalue weighted by molar-refractivity contribution is 0.101. The Hall–Kier alpha value is -3.69. The first-order chi connectivity index (χ1) is 15.4. The number of amides is 2. The van der Waals surface area contributed by atoms with Gasteiger partial charge in [0.2, 0.25) is 0 Å². The van der Waals surface area contributed by atoms with Crippen molar-refractivity contribution in [1.82, 2.24) is 4.98 Å². The second kappa shape index (κ2) is 10.6. The number of nitrogens with one attached hydrogen (secondary N) is 2. The second-order valence-electron chi connectivity index (χ2n) is 7.38. The summed E-state index contributed by atoms with van der Waals surface area (Å²) in [5, 5.41) is 14.7. The lowest BCUT2D eigenvalue weighted by atomic mass is 9.96. The molecular formula is C25H23ClN4O2. The van der Waals surface area contributed by atoms with Crippen molar-refractivity contribution in [2.75, 3.05) is 10.6 Å². The smallest absolute Gasteiger partial charge is 0.257 e. The van der Waals surface area contributed by atoms with Gasteiger partial charge < -0.3 is 10.6 Å². The number of aromatic nitrogens is 1. The first kappa shape index (κ1) is 23.0. The van der Waals surface area contributed by atoms with Crippen LogP contribution in [0.5, 0.6) is 0 Å². The molecule has 6 nitrogen and oxygen atoms in total. The van der Waals surface area contributed by atoms with Gasteiger partial charge in [0.1, 0.15) is 0 Å². The molecule has 2 aromatic carbocycles. The van der Waals surface area contributed by atoms with Crippen LogP contribution in [0.1, 0.15) is 58.2 Å². The number of hydrogen-bond donors (Lipinski definition) is 2. The number of nitriles is 1. The molecule has 0 aliphatic rings. The van der Waals surface area contributed by atoms with E-state index in [2.05, 4.69) is 21.7 Å². The molecule has 3 rings (SSSR count). The van der Waals surface area contributed by atoms with Gasteiger partial charge in [-0.05, 0) is 60.4 Å². The summed E-state index contributed by atoms with van der Waals surface area (Å²) in [7, 11) is 0. The van der Waals surface area contributed by atoms with Crippen molar-refractivity contribution in [3.63, 3.8) is 0 Å². The van der Waals surface area contributed by atoms with E-state index in [0.717, 1.165) is 17.7 Å². The molecule has 2 amide bonds. The van der Waals surface area contributed by atoms with Crippen molar-refractivity contribution in [1.29, 1.82) is 5.26 Å². The van der Waals surface area contributed by atoms with Crippen molar-refractivity contribution < 1.29 is 9.59 Å². The fourth-order valence-corrected chi connectivity index (χ4v) is 3.33. The zero-order valence-electron chi connectivity index (χ0n) is 17.9. The summed E-state index contributed by atoms with van der Waals surface area (Å²) < 4.78 is 0. The van der Waals surface area contributed by atoms with Crippen LogP contribution in [0, 0.1) is 11.3 Å². The highest BCUT2D eigenvalue weighted by molar-refractivity contribution is 6.34. The van der Waals surface area contributed by atoms with E-state index in [-0.39, 0.29) is 22.4 Å². The topological polar surface area (TPSA) is 94.9 Å². The summed E-state index contributed by atoms with van der Waals surface area (Å²) in [6.07, 6.45) is 2.77. The maximum Gasteiger partial charge on any atom is 0.257 e. The van der Waals surface area contributed by atoms with Gasteiger partial charge in [-0.2, -0.15) is 5.26 Å². The number of hydrogen-bond acceptors (Lipinski definition) is 4. The van der Waals surface area contributed by atoms with Gasteiger partial charge in [0.05, 0.1) is 28.5 Å². The molecule has 1 heterocycles. The van der Waals surface area contributed by atoms with Gasteiger partial charge in [-0.15, -0.1) is 0 Å². The van der Waals surface area contributed by atoms with Gasteiger partial charge in [-0.1, -0.05) is 37.6 Å². The van der Waals surface area contributed by atoms with E-state index in [9.17, 15) is 9.59 Å². The molecular weight excluding hydrogens is 424 g/mol. The quantitative estimate of drug-likeness (QED) is 0.478. The maximum absolute atomic E-state index is 12.7. The van der Waals surface area contributed by atoms with E-state index >= 15 is 0 Å². The minimum atomic E-state index is -0.399. The van der Waals surface area contributed by atoms with E-state index < -0.39 is 5.91 Å². The Morgan fingerprint density at radius 2 is 1.81 bits per heavy atom. The third kappa shape index (κ3) is 5.71. The molecule has 1 unspecified atom stereocenters. The first-order valence-electron chi connectivity index (χ1n) is 10.2. The van der Waals surface area contributed by atoms with Crippen LogP contribution in [0.15, 0.2) is 60.8 Å². The molecule has 162 valence electrons. The van der Waals surface area contributed by atoms with Crippen LogP contribution in [0.25, 0.3) is 0 Å². The van der Waals surface area contributed by atoms with E-state index in [0.29, 0.717) is 23.4 Å². The summed E-state index contributed by atoms with van der Waals surface area (Å²) in [6, 6.07) is 17.7. The zero-order chi connectivity index (χ0) is 23.1. The number of anilines is 2. The van der Waals surface area contributed by atoms with Crippen LogP contribution < -0.4 is 10.6 Å². The third-order valence-corrected chi connectivity index (χ3v) is 5.36. The Morgan fingerprint density at radius 3 is 2.50 bits per heavy atom. The number of carbonyl (C=O) groups excluding carboxylic acids is 2. The molecule has 0 bridgehead atoms. The average molecular weight is 447 g/mol. The van der Waals surface area contributed by atoms with Crippen molar-refractivity contribution in [3.8, 4) is 6.07 Å². The molecule has 0 aliphatic carbocycles. The van der Waals surface area contributed by atoms with Gasteiger partial charge in [-0.3, -0.25) is 14.6 Å². The van der Waals surface area contributed by atoms with E-state index in [1.54, 1.807) is 42.6 Å². The largest absolute Gasteiger partial charge is 0.322 e. The van der Waals surface area contributed by atoms with E-state index in [1.807, 2.05) is 26.0 Å². The second-order valence-corrected chi connectivity index (χ2v) is 7.79. The lowest BCUT2D eigenvalue weighted by Crippen LogP contribution is -2.15. The minimum Gasteiger partial charge on any atom is -0.322 e. The van der Waals surface area contributed by atoms with Crippen LogP contribution in [-0.2, 0) is 6.42 Å². The fraction of sp³-hybridized carbons (Fsp3) is 0.200. The Kier molecular flexibility index (Phi) is 7.58. The van der Waals surface area contributed by atoms with Gasteiger partial charge in [0, 0.05) is 23.4 Å². The Balaban J connectivity index is 1.75. The summed E-state index contributed by atoms with van der Waals surface area (Å²) >= 11 is 6.23. The Bertz CT molecular complexity index is 1170. The molecule has 0 spiro atoms. The predicted molar refractivity (Wildman–Crippen MR) is 126 cm³/mol. The molecule has 1 aromatic heterocycles. The summed E-state index contributed by atoms with van der Waals surface area (Å²) in [5.74, 6) is -0.687. The molecule has 32 heavy (non-hydrogen) atoms. The highest BCUT2D eigenvalue weighted by Gasteiger charge is 2.15. The standard InChI is InChI=1S/C25H23ClN4O2/c1-3-19-7-8-21(15-28-19)30-25(32)22-14-20(9-10-23(22)26)29-24(31)18-6-4-5-17(13-18)16(2)11-12-27/h4-10,13-16H,3,11H2,1-2H3,(H,29,31)(H,30,32). The number of benzene rings is 2. The maximum atomic E-state index is 12.7. The number of carbonyl (C=O) groups is 2. The van der Waals surface area contributed by atoms with Crippen molar-refractivity contribution >= 4 is 34.8 Å².